The first kappa shape index (κ1) is 16.5. The summed E-state index contributed by atoms with van der Waals surface area (Å²) in [5.74, 6) is 0. The van der Waals surface area contributed by atoms with Crippen LogP contribution in [0.3, 0.4) is 0 Å². The SMILES string of the molecule is CN(C)C(CNc1nnc(-c2ccccn2)s1)Cc1ccccc1. The van der Waals surface area contributed by atoms with Gasteiger partial charge in [-0.2, -0.15) is 0 Å². The van der Waals surface area contributed by atoms with E-state index in [1.54, 1.807) is 6.20 Å². The van der Waals surface area contributed by atoms with E-state index in [1.165, 1.54) is 16.9 Å². The van der Waals surface area contributed by atoms with E-state index in [0.29, 0.717) is 6.04 Å². The highest BCUT2D eigenvalue weighted by Gasteiger charge is 2.14. The molecule has 3 aromatic rings. The minimum atomic E-state index is 0.384. The maximum atomic E-state index is 4.31. The molecule has 0 amide bonds. The second-order valence-electron chi connectivity index (χ2n) is 5.82. The fourth-order valence-corrected chi connectivity index (χ4v) is 3.14. The van der Waals surface area contributed by atoms with E-state index in [0.717, 1.165) is 28.8 Å². The van der Waals surface area contributed by atoms with Crippen LogP contribution in [0.2, 0.25) is 0 Å². The van der Waals surface area contributed by atoms with Crippen molar-refractivity contribution in [3.8, 4) is 10.7 Å². The van der Waals surface area contributed by atoms with Gasteiger partial charge < -0.3 is 10.2 Å². The van der Waals surface area contributed by atoms with Crippen molar-refractivity contribution in [2.45, 2.75) is 12.5 Å². The molecule has 0 bridgehead atoms. The Morgan fingerprint density at radius 1 is 1.04 bits per heavy atom. The maximum Gasteiger partial charge on any atom is 0.206 e. The summed E-state index contributed by atoms with van der Waals surface area (Å²) in [7, 11) is 4.21. The molecule has 0 aliphatic heterocycles. The lowest BCUT2D eigenvalue weighted by molar-refractivity contribution is 0.303. The first-order valence-corrected chi connectivity index (χ1v) is 8.73. The Labute approximate surface area is 146 Å². The Balaban J connectivity index is 1.62. The third-order valence-corrected chi connectivity index (χ3v) is 4.75. The summed E-state index contributed by atoms with van der Waals surface area (Å²) in [4.78, 5) is 6.55. The zero-order chi connectivity index (χ0) is 16.8. The molecule has 0 spiro atoms. The molecule has 1 aromatic carbocycles. The molecule has 0 saturated heterocycles. The predicted molar refractivity (Wildman–Crippen MR) is 99.3 cm³/mol. The van der Waals surface area contributed by atoms with E-state index in [1.807, 2.05) is 24.3 Å². The number of anilines is 1. The van der Waals surface area contributed by atoms with Gasteiger partial charge in [-0.3, -0.25) is 4.98 Å². The van der Waals surface area contributed by atoms with Gasteiger partial charge in [0, 0.05) is 18.8 Å². The minimum Gasteiger partial charge on any atom is -0.358 e. The van der Waals surface area contributed by atoms with Crippen LogP contribution < -0.4 is 5.32 Å². The van der Waals surface area contributed by atoms with Gasteiger partial charge >= 0.3 is 0 Å². The zero-order valence-corrected chi connectivity index (χ0v) is 14.7. The molecule has 0 radical (unpaired) electrons. The van der Waals surface area contributed by atoms with Crippen LogP contribution in [0.15, 0.2) is 54.7 Å². The number of rotatable bonds is 7. The molecule has 0 saturated carbocycles. The molecular weight excluding hydrogens is 318 g/mol. The number of hydrogen-bond donors (Lipinski definition) is 1. The molecule has 0 fully saturated rings. The van der Waals surface area contributed by atoms with Crippen molar-refractivity contribution in [3.05, 3.63) is 60.3 Å². The molecule has 1 unspecified atom stereocenters. The molecule has 0 aliphatic carbocycles. The summed E-state index contributed by atoms with van der Waals surface area (Å²) in [6, 6.07) is 16.7. The fraction of sp³-hybridized carbons (Fsp3) is 0.278. The Morgan fingerprint density at radius 2 is 1.83 bits per heavy atom. The van der Waals surface area contributed by atoms with E-state index < -0.39 is 0 Å². The molecule has 24 heavy (non-hydrogen) atoms. The van der Waals surface area contributed by atoms with Gasteiger partial charge in [0.1, 0.15) is 5.69 Å². The molecule has 3 rings (SSSR count). The van der Waals surface area contributed by atoms with Crippen LogP contribution in [0.1, 0.15) is 5.56 Å². The first-order chi connectivity index (χ1) is 11.7. The molecule has 124 valence electrons. The van der Waals surface area contributed by atoms with Crippen LogP contribution >= 0.6 is 11.3 Å². The van der Waals surface area contributed by atoms with Crippen LogP contribution in [0.5, 0.6) is 0 Å². The van der Waals surface area contributed by atoms with Crippen molar-refractivity contribution >= 4 is 16.5 Å². The van der Waals surface area contributed by atoms with Crippen molar-refractivity contribution in [1.29, 1.82) is 0 Å². The number of aromatic nitrogens is 3. The van der Waals surface area contributed by atoms with Gasteiger partial charge in [-0.15, -0.1) is 10.2 Å². The lowest BCUT2D eigenvalue weighted by Crippen LogP contribution is -2.36. The number of nitrogens with zero attached hydrogens (tertiary/aromatic N) is 4. The normalized spacial score (nSPS) is 12.3. The molecule has 0 aliphatic rings. The van der Waals surface area contributed by atoms with E-state index in [-0.39, 0.29) is 0 Å². The smallest absolute Gasteiger partial charge is 0.206 e. The monoisotopic (exact) mass is 339 g/mol. The van der Waals surface area contributed by atoms with Crippen LogP contribution in [0, 0.1) is 0 Å². The van der Waals surface area contributed by atoms with Crippen LogP contribution in [0.4, 0.5) is 5.13 Å². The van der Waals surface area contributed by atoms with E-state index >= 15 is 0 Å². The van der Waals surface area contributed by atoms with Crippen LogP contribution in [-0.4, -0.2) is 46.8 Å². The minimum absolute atomic E-state index is 0.384. The molecule has 2 aromatic heterocycles. The van der Waals surface area contributed by atoms with Crippen molar-refractivity contribution in [2.75, 3.05) is 26.0 Å². The zero-order valence-electron chi connectivity index (χ0n) is 13.9. The van der Waals surface area contributed by atoms with Gasteiger partial charge in [-0.1, -0.05) is 47.7 Å². The Morgan fingerprint density at radius 3 is 2.54 bits per heavy atom. The van der Waals surface area contributed by atoms with E-state index in [2.05, 4.69) is 63.8 Å². The van der Waals surface area contributed by atoms with Gasteiger partial charge in [-0.05, 0) is 38.2 Å². The number of hydrogen-bond acceptors (Lipinski definition) is 6. The second-order valence-corrected chi connectivity index (χ2v) is 6.79. The predicted octanol–water partition coefficient (Wildman–Crippen LogP) is 3.18. The third kappa shape index (κ3) is 4.37. The number of benzene rings is 1. The lowest BCUT2D eigenvalue weighted by atomic mass is 10.1. The quantitative estimate of drug-likeness (QED) is 0.716. The fourth-order valence-electron chi connectivity index (χ4n) is 2.42. The van der Waals surface area contributed by atoms with Crippen molar-refractivity contribution < 1.29 is 0 Å². The highest BCUT2D eigenvalue weighted by Crippen LogP contribution is 2.24. The second kappa shape index (κ2) is 7.99. The number of pyridine rings is 1. The molecular formula is C18H21N5S. The summed E-state index contributed by atoms with van der Waals surface area (Å²) < 4.78 is 0. The van der Waals surface area contributed by atoms with Crippen molar-refractivity contribution in [1.82, 2.24) is 20.1 Å². The van der Waals surface area contributed by atoms with Gasteiger partial charge in [-0.25, -0.2) is 0 Å². The summed E-state index contributed by atoms with van der Waals surface area (Å²) in [6.07, 6.45) is 2.76. The van der Waals surface area contributed by atoms with Crippen molar-refractivity contribution in [3.63, 3.8) is 0 Å². The highest BCUT2D eigenvalue weighted by molar-refractivity contribution is 7.18. The number of nitrogens with one attached hydrogen (secondary N) is 1. The molecule has 2 heterocycles. The highest BCUT2D eigenvalue weighted by atomic mass is 32.1. The Hall–Kier alpha value is -2.31. The number of likely N-dealkylation sites (N-methyl/N-ethyl adjacent to an activating group) is 1. The molecule has 5 nitrogen and oxygen atoms in total. The van der Waals surface area contributed by atoms with Gasteiger partial charge in [0.15, 0.2) is 5.01 Å². The molecule has 6 heteroatoms. The summed E-state index contributed by atoms with van der Waals surface area (Å²) in [6.45, 7) is 0.818. The average molecular weight is 339 g/mol. The standard InChI is InChI=1S/C18H21N5S/c1-23(2)15(12-14-8-4-3-5-9-14)13-20-18-22-21-17(24-18)16-10-6-7-11-19-16/h3-11,15H,12-13H2,1-2H3,(H,20,22). The van der Waals surface area contributed by atoms with Crippen LogP contribution in [-0.2, 0) is 6.42 Å². The van der Waals surface area contributed by atoms with Crippen molar-refractivity contribution in [2.24, 2.45) is 0 Å². The summed E-state index contributed by atoms with van der Waals surface area (Å²) in [5, 5.41) is 13.5. The maximum absolute atomic E-state index is 4.31. The molecule has 1 atom stereocenters. The lowest BCUT2D eigenvalue weighted by Gasteiger charge is -2.24. The Kier molecular flexibility index (Phi) is 5.51. The van der Waals surface area contributed by atoms with E-state index in [4.69, 9.17) is 0 Å². The van der Waals surface area contributed by atoms with Crippen LogP contribution in [0.25, 0.3) is 10.7 Å². The summed E-state index contributed by atoms with van der Waals surface area (Å²) in [5.41, 5.74) is 2.20. The van der Waals surface area contributed by atoms with Gasteiger partial charge in [0.25, 0.3) is 0 Å². The summed E-state index contributed by atoms with van der Waals surface area (Å²) >= 11 is 1.53. The largest absolute Gasteiger partial charge is 0.358 e. The van der Waals surface area contributed by atoms with Gasteiger partial charge in [0.2, 0.25) is 5.13 Å². The topological polar surface area (TPSA) is 53.9 Å². The van der Waals surface area contributed by atoms with E-state index in [9.17, 15) is 0 Å². The average Bonchev–Trinajstić information content (AvgIpc) is 3.09. The Bertz CT molecular complexity index is 742. The third-order valence-electron chi connectivity index (χ3n) is 3.84. The molecule has 1 N–H and O–H groups in total. The first-order valence-electron chi connectivity index (χ1n) is 7.91. The van der Waals surface area contributed by atoms with Gasteiger partial charge in [0.05, 0.1) is 0 Å².